The second kappa shape index (κ2) is 7.05. The maximum Gasteiger partial charge on any atom is 0.337 e. The van der Waals surface area contributed by atoms with Crippen LogP contribution in [0, 0.1) is 0 Å². The predicted molar refractivity (Wildman–Crippen MR) is 91.6 cm³/mol. The van der Waals surface area contributed by atoms with E-state index in [1.54, 1.807) is 18.2 Å². The van der Waals surface area contributed by atoms with E-state index in [1.807, 2.05) is 6.92 Å². The molecule has 6 nitrogen and oxygen atoms in total. The number of carbonyl (C=O) groups is 1. The van der Waals surface area contributed by atoms with Crippen molar-refractivity contribution in [2.24, 2.45) is 0 Å². The van der Waals surface area contributed by atoms with Crippen LogP contribution < -0.4 is 15.7 Å². The van der Waals surface area contributed by atoms with Crippen LogP contribution in [0.1, 0.15) is 30.1 Å². The number of ether oxygens (including phenoxy) is 1. The molecule has 2 aromatic rings. The smallest absolute Gasteiger partial charge is 0.337 e. The van der Waals surface area contributed by atoms with Crippen LogP contribution in [0.2, 0.25) is 0 Å². The average Bonchev–Trinajstić information content (AvgIpc) is 2.56. The van der Waals surface area contributed by atoms with Gasteiger partial charge in [0.15, 0.2) is 0 Å². The highest BCUT2D eigenvalue weighted by Gasteiger charge is 2.21. The summed E-state index contributed by atoms with van der Waals surface area (Å²) < 4.78 is 10.6. The number of fused-ring (bicyclic) bond motifs is 1. The first kappa shape index (κ1) is 16.5. The second-order valence-corrected chi connectivity index (χ2v) is 6.12. The second-order valence-electron chi connectivity index (χ2n) is 6.12. The van der Waals surface area contributed by atoms with E-state index in [0.717, 1.165) is 25.9 Å². The van der Waals surface area contributed by atoms with Crippen LogP contribution in [-0.4, -0.2) is 43.6 Å². The largest absolute Gasteiger partial charge is 0.494 e. The number of hydrogen-bond acceptors (Lipinski definition) is 5. The van der Waals surface area contributed by atoms with Gasteiger partial charge in [-0.15, -0.1) is 0 Å². The van der Waals surface area contributed by atoms with Crippen molar-refractivity contribution in [3.63, 3.8) is 0 Å². The lowest BCUT2D eigenvalue weighted by atomic mass is 10.0. The highest BCUT2D eigenvalue weighted by Crippen LogP contribution is 2.23. The summed E-state index contributed by atoms with van der Waals surface area (Å²) in [6.07, 6.45) is 1.83. The fourth-order valence-corrected chi connectivity index (χ4v) is 3.00. The van der Waals surface area contributed by atoms with Crippen molar-refractivity contribution in [3.05, 3.63) is 40.2 Å². The van der Waals surface area contributed by atoms with Crippen molar-refractivity contribution in [1.82, 2.24) is 10.2 Å². The minimum absolute atomic E-state index is 0.138. The van der Waals surface area contributed by atoms with Gasteiger partial charge in [0.05, 0.1) is 12.2 Å². The number of carbonyl (C=O) groups excluding carboxylic acids is 1. The van der Waals surface area contributed by atoms with Crippen molar-refractivity contribution in [2.45, 2.75) is 25.8 Å². The summed E-state index contributed by atoms with van der Waals surface area (Å²) in [6.45, 7) is 4.32. The Balaban J connectivity index is 1.87. The first-order chi connectivity index (χ1) is 11.6. The van der Waals surface area contributed by atoms with E-state index in [4.69, 9.17) is 9.15 Å². The lowest BCUT2D eigenvalue weighted by Crippen LogP contribution is -2.43. The van der Waals surface area contributed by atoms with E-state index < -0.39 is 5.63 Å². The molecule has 0 bridgehead atoms. The van der Waals surface area contributed by atoms with Crippen LogP contribution in [0.3, 0.4) is 0 Å². The molecule has 6 heteroatoms. The minimum atomic E-state index is -0.537. The molecule has 1 saturated heterocycles. The normalized spacial score (nSPS) is 16.2. The summed E-state index contributed by atoms with van der Waals surface area (Å²) in [4.78, 5) is 26.7. The summed E-state index contributed by atoms with van der Waals surface area (Å²) in [5.41, 5.74) is 0.176. The summed E-state index contributed by atoms with van der Waals surface area (Å²) in [7, 11) is 2.07. The van der Waals surface area contributed by atoms with Crippen molar-refractivity contribution >= 4 is 16.9 Å². The third kappa shape index (κ3) is 3.59. The van der Waals surface area contributed by atoms with Gasteiger partial charge in [-0.1, -0.05) is 0 Å². The van der Waals surface area contributed by atoms with E-state index in [-0.39, 0.29) is 11.9 Å². The van der Waals surface area contributed by atoms with Crippen molar-refractivity contribution in [1.29, 1.82) is 0 Å². The topological polar surface area (TPSA) is 71.8 Å². The highest BCUT2D eigenvalue weighted by atomic mass is 16.5. The molecule has 0 radical (unpaired) electrons. The molecule has 0 spiro atoms. The number of piperidine rings is 1. The standard InChI is InChI=1S/C18H22N2O4/c1-3-23-13-4-5-14-15(11-17(21)24-16(14)10-13)18(22)19-12-6-8-20(2)9-7-12/h4-5,10-12H,3,6-9H2,1-2H3,(H,19,22). The van der Waals surface area contributed by atoms with Crippen molar-refractivity contribution < 1.29 is 13.9 Å². The lowest BCUT2D eigenvalue weighted by Gasteiger charge is -2.29. The van der Waals surface area contributed by atoms with Crippen LogP contribution in [0.5, 0.6) is 5.75 Å². The van der Waals surface area contributed by atoms with Crippen LogP contribution in [0.25, 0.3) is 11.0 Å². The molecule has 1 amide bonds. The monoisotopic (exact) mass is 330 g/mol. The van der Waals surface area contributed by atoms with Crippen LogP contribution in [0.4, 0.5) is 0 Å². The molecule has 1 aliphatic heterocycles. The van der Waals surface area contributed by atoms with Crippen molar-refractivity contribution in [2.75, 3.05) is 26.7 Å². The van der Waals surface area contributed by atoms with E-state index in [0.29, 0.717) is 28.9 Å². The summed E-state index contributed by atoms with van der Waals surface area (Å²) >= 11 is 0. The maximum absolute atomic E-state index is 12.6. The summed E-state index contributed by atoms with van der Waals surface area (Å²) in [5.74, 6) is 0.382. The van der Waals surface area contributed by atoms with E-state index in [1.165, 1.54) is 6.07 Å². The predicted octanol–water partition coefficient (Wildman–Crippen LogP) is 2.02. The Morgan fingerprint density at radius 3 is 2.79 bits per heavy atom. The van der Waals surface area contributed by atoms with Gasteiger partial charge in [0, 0.05) is 23.6 Å². The van der Waals surface area contributed by atoms with Gasteiger partial charge in [-0.25, -0.2) is 4.79 Å². The van der Waals surface area contributed by atoms with Gasteiger partial charge in [-0.3, -0.25) is 4.79 Å². The van der Waals surface area contributed by atoms with Gasteiger partial charge in [-0.05, 0) is 52.0 Å². The maximum atomic E-state index is 12.6. The lowest BCUT2D eigenvalue weighted by molar-refractivity contribution is 0.0918. The first-order valence-corrected chi connectivity index (χ1v) is 8.27. The molecule has 3 rings (SSSR count). The SMILES string of the molecule is CCOc1ccc2c(C(=O)NC3CCN(C)CC3)cc(=O)oc2c1. The molecule has 0 unspecified atom stereocenters. The Morgan fingerprint density at radius 1 is 1.33 bits per heavy atom. The molecule has 1 aromatic heterocycles. The molecule has 1 aromatic carbocycles. The van der Waals surface area contributed by atoms with Gasteiger partial charge < -0.3 is 19.4 Å². The van der Waals surface area contributed by atoms with E-state index >= 15 is 0 Å². The zero-order chi connectivity index (χ0) is 17.1. The first-order valence-electron chi connectivity index (χ1n) is 8.27. The van der Waals surface area contributed by atoms with Crippen molar-refractivity contribution in [3.8, 4) is 5.75 Å². The minimum Gasteiger partial charge on any atom is -0.494 e. The molecule has 2 heterocycles. The number of nitrogens with one attached hydrogen (secondary N) is 1. The third-order valence-corrected chi connectivity index (χ3v) is 4.33. The molecule has 0 aliphatic carbocycles. The fraction of sp³-hybridized carbons (Fsp3) is 0.444. The fourth-order valence-electron chi connectivity index (χ4n) is 3.00. The van der Waals surface area contributed by atoms with Gasteiger partial charge in [0.25, 0.3) is 5.91 Å². The highest BCUT2D eigenvalue weighted by molar-refractivity contribution is 6.05. The van der Waals surface area contributed by atoms with E-state index in [2.05, 4.69) is 17.3 Å². The van der Waals surface area contributed by atoms with Crippen LogP contribution >= 0.6 is 0 Å². The number of likely N-dealkylation sites (tertiary alicyclic amines) is 1. The third-order valence-electron chi connectivity index (χ3n) is 4.33. The van der Waals surface area contributed by atoms with Crippen LogP contribution in [0.15, 0.2) is 33.5 Å². The number of nitrogens with zero attached hydrogens (tertiary/aromatic N) is 1. The summed E-state index contributed by atoms with van der Waals surface area (Å²) in [5, 5.41) is 3.65. The number of amides is 1. The molecule has 1 N–H and O–H groups in total. The molecule has 0 atom stereocenters. The van der Waals surface area contributed by atoms with Gasteiger partial charge in [-0.2, -0.15) is 0 Å². The van der Waals surface area contributed by atoms with Gasteiger partial charge in [0.2, 0.25) is 0 Å². The quantitative estimate of drug-likeness (QED) is 0.868. The average molecular weight is 330 g/mol. The zero-order valence-corrected chi connectivity index (χ0v) is 14.0. The molecular weight excluding hydrogens is 308 g/mol. The van der Waals surface area contributed by atoms with Gasteiger partial charge >= 0.3 is 5.63 Å². The molecule has 1 aliphatic rings. The zero-order valence-electron chi connectivity index (χ0n) is 14.0. The Labute approximate surface area is 140 Å². The Morgan fingerprint density at radius 2 is 2.08 bits per heavy atom. The molecule has 24 heavy (non-hydrogen) atoms. The van der Waals surface area contributed by atoms with E-state index in [9.17, 15) is 9.59 Å². The molecule has 128 valence electrons. The molecule has 0 saturated carbocycles. The molecule has 1 fully saturated rings. The Kier molecular flexibility index (Phi) is 4.85. The number of hydrogen-bond donors (Lipinski definition) is 1. The summed E-state index contributed by atoms with van der Waals surface area (Å²) in [6, 6.07) is 6.57. The Hall–Kier alpha value is -2.34. The number of rotatable bonds is 4. The Bertz CT molecular complexity index is 791. The molecular formula is C18H22N2O4. The van der Waals surface area contributed by atoms with Gasteiger partial charge in [0.1, 0.15) is 11.3 Å². The van der Waals surface area contributed by atoms with Crippen LogP contribution in [-0.2, 0) is 0 Å². The number of benzene rings is 1.